The summed E-state index contributed by atoms with van der Waals surface area (Å²) in [6.45, 7) is 7.35. The van der Waals surface area contributed by atoms with Crippen molar-refractivity contribution in [3.05, 3.63) is 5.69 Å². The Balaban J connectivity index is 2.52. The number of hydrogen-bond acceptors (Lipinski definition) is 4. The maximum Gasteiger partial charge on any atom is 0.148 e. The Morgan fingerprint density at radius 2 is 2.25 bits per heavy atom. The summed E-state index contributed by atoms with van der Waals surface area (Å²) in [7, 11) is 0. The lowest BCUT2D eigenvalue weighted by atomic mass is 10.2. The van der Waals surface area contributed by atoms with Crippen LogP contribution in [0.1, 0.15) is 32.4 Å². The Morgan fingerprint density at radius 3 is 2.81 bits per heavy atom. The Bertz CT molecular complexity index is 333. The molecule has 0 saturated heterocycles. The summed E-state index contributed by atoms with van der Waals surface area (Å²) >= 11 is 0. The average Bonchev–Trinajstić information content (AvgIpc) is 2.50. The Labute approximate surface area is 96.6 Å². The number of anilines is 2. The summed E-state index contributed by atoms with van der Waals surface area (Å²) in [5, 5.41) is 16.7. The van der Waals surface area contributed by atoms with Gasteiger partial charge >= 0.3 is 0 Å². The third kappa shape index (κ3) is 3.13. The van der Waals surface area contributed by atoms with E-state index in [2.05, 4.69) is 10.4 Å². The van der Waals surface area contributed by atoms with Crippen molar-refractivity contribution in [2.45, 2.75) is 46.3 Å². The lowest BCUT2D eigenvalue weighted by Gasteiger charge is -2.09. The van der Waals surface area contributed by atoms with Crippen molar-refractivity contribution >= 4 is 11.5 Å². The van der Waals surface area contributed by atoms with E-state index in [-0.39, 0.29) is 6.10 Å². The van der Waals surface area contributed by atoms with Crippen LogP contribution in [0.15, 0.2) is 0 Å². The summed E-state index contributed by atoms with van der Waals surface area (Å²) < 4.78 is 1.87. The summed E-state index contributed by atoms with van der Waals surface area (Å²) in [5.74, 6) is 0.894. The van der Waals surface area contributed by atoms with Crippen LogP contribution in [0.3, 0.4) is 0 Å². The second kappa shape index (κ2) is 5.75. The fourth-order valence-corrected chi connectivity index (χ4v) is 1.61. The predicted molar refractivity (Wildman–Crippen MR) is 66.5 cm³/mol. The Hall–Kier alpha value is -1.23. The average molecular weight is 226 g/mol. The lowest BCUT2D eigenvalue weighted by molar-refractivity contribution is 0.183. The maximum absolute atomic E-state index is 9.14. The number of nitrogens with one attached hydrogen (secondary N) is 1. The molecule has 4 N–H and O–H groups in total. The first-order chi connectivity index (χ1) is 7.56. The standard InChI is InChI=1S/C11H22N4O/c1-4-15-11(10(12)9(3)14-15)13-7-5-6-8(2)16/h8,13,16H,4-7,12H2,1-3H3. The van der Waals surface area contributed by atoms with Gasteiger partial charge in [0.1, 0.15) is 5.82 Å². The predicted octanol–water partition coefficient (Wildman–Crippen LogP) is 1.37. The molecule has 1 heterocycles. The van der Waals surface area contributed by atoms with Gasteiger partial charge in [0.25, 0.3) is 0 Å². The van der Waals surface area contributed by atoms with E-state index >= 15 is 0 Å². The minimum atomic E-state index is -0.239. The van der Waals surface area contributed by atoms with Crippen LogP contribution in [-0.2, 0) is 6.54 Å². The van der Waals surface area contributed by atoms with Crippen molar-refractivity contribution in [1.29, 1.82) is 0 Å². The zero-order valence-electron chi connectivity index (χ0n) is 10.3. The first-order valence-corrected chi connectivity index (χ1v) is 5.81. The highest BCUT2D eigenvalue weighted by Crippen LogP contribution is 2.21. The minimum Gasteiger partial charge on any atom is -0.394 e. The third-order valence-corrected chi connectivity index (χ3v) is 2.56. The van der Waals surface area contributed by atoms with Gasteiger partial charge in [-0.25, -0.2) is 4.68 Å². The minimum absolute atomic E-state index is 0.239. The topological polar surface area (TPSA) is 76.1 Å². The van der Waals surface area contributed by atoms with E-state index in [1.807, 2.05) is 18.5 Å². The number of nitrogen functional groups attached to an aromatic ring is 1. The summed E-state index contributed by atoms with van der Waals surface area (Å²) in [6.07, 6.45) is 1.48. The number of nitrogens with zero attached hydrogens (tertiary/aromatic N) is 2. The second-order valence-corrected chi connectivity index (χ2v) is 4.08. The fourth-order valence-electron chi connectivity index (χ4n) is 1.61. The zero-order valence-corrected chi connectivity index (χ0v) is 10.3. The molecule has 0 aromatic carbocycles. The molecule has 0 spiro atoms. The quantitative estimate of drug-likeness (QED) is 0.640. The number of aryl methyl sites for hydroxylation is 2. The van der Waals surface area contributed by atoms with Crippen LogP contribution in [0, 0.1) is 6.92 Å². The summed E-state index contributed by atoms with van der Waals surface area (Å²) in [4.78, 5) is 0. The van der Waals surface area contributed by atoms with Gasteiger partial charge in [-0.15, -0.1) is 0 Å². The first kappa shape index (κ1) is 12.8. The molecule has 1 aromatic rings. The molecule has 1 unspecified atom stereocenters. The third-order valence-electron chi connectivity index (χ3n) is 2.56. The van der Waals surface area contributed by atoms with Crippen molar-refractivity contribution in [2.75, 3.05) is 17.6 Å². The van der Waals surface area contributed by atoms with Crippen LogP contribution in [-0.4, -0.2) is 27.5 Å². The van der Waals surface area contributed by atoms with Crippen LogP contribution >= 0.6 is 0 Å². The van der Waals surface area contributed by atoms with Gasteiger partial charge in [0.05, 0.1) is 17.5 Å². The molecule has 1 aromatic heterocycles. The van der Waals surface area contributed by atoms with Crippen LogP contribution in [0.4, 0.5) is 11.5 Å². The van der Waals surface area contributed by atoms with Crippen LogP contribution < -0.4 is 11.1 Å². The lowest BCUT2D eigenvalue weighted by Crippen LogP contribution is -2.11. The molecule has 1 rings (SSSR count). The molecule has 0 saturated carbocycles. The number of aliphatic hydroxyl groups is 1. The zero-order chi connectivity index (χ0) is 12.1. The highest BCUT2D eigenvalue weighted by molar-refractivity contribution is 5.64. The highest BCUT2D eigenvalue weighted by Gasteiger charge is 2.10. The number of nitrogens with two attached hydrogens (primary N) is 1. The van der Waals surface area contributed by atoms with Gasteiger partial charge in [-0.2, -0.15) is 5.10 Å². The van der Waals surface area contributed by atoms with Gasteiger partial charge in [0.15, 0.2) is 0 Å². The Morgan fingerprint density at radius 1 is 1.56 bits per heavy atom. The van der Waals surface area contributed by atoms with Crippen molar-refractivity contribution in [1.82, 2.24) is 9.78 Å². The molecule has 16 heavy (non-hydrogen) atoms. The van der Waals surface area contributed by atoms with Gasteiger partial charge < -0.3 is 16.2 Å². The van der Waals surface area contributed by atoms with Crippen molar-refractivity contribution in [2.24, 2.45) is 0 Å². The molecule has 92 valence electrons. The normalized spacial score (nSPS) is 12.8. The molecule has 0 fully saturated rings. The smallest absolute Gasteiger partial charge is 0.148 e. The monoisotopic (exact) mass is 226 g/mol. The maximum atomic E-state index is 9.14. The number of hydrogen-bond donors (Lipinski definition) is 3. The van der Waals surface area contributed by atoms with Crippen molar-refractivity contribution < 1.29 is 5.11 Å². The molecule has 5 heteroatoms. The van der Waals surface area contributed by atoms with Crippen LogP contribution in [0.5, 0.6) is 0 Å². The fraction of sp³-hybridized carbons (Fsp3) is 0.727. The second-order valence-electron chi connectivity index (χ2n) is 4.08. The van der Waals surface area contributed by atoms with Crippen molar-refractivity contribution in [3.8, 4) is 0 Å². The van der Waals surface area contributed by atoms with Gasteiger partial charge in [0.2, 0.25) is 0 Å². The first-order valence-electron chi connectivity index (χ1n) is 5.81. The molecule has 1 atom stereocenters. The van der Waals surface area contributed by atoms with E-state index in [1.165, 1.54) is 0 Å². The molecule has 0 radical (unpaired) electrons. The van der Waals surface area contributed by atoms with E-state index in [0.29, 0.717) is 0 Å². The van der Waals surface area contributed by atoms with Gasteiger partial charge in [-0.05, 0) is 33.6 Å². The van der Waals surface area contributed by atoms with Crippen LogP contribution in [0.2, 0.25) is 0 Å². The van der Waals surface area contributed by atoms with E-state index in [4.69, 9.17) is 10.8 Å². The van der Waals surface area contributed by atoms with E-state index in [9.17, 15) is 0 Å². The van der Waals surface area contributed by atoms with E-state index in [1.54, 1.807) is 6.92 Å². The number of rotatable bonds is 6. The van der Waals surface area contributed by atoms with Gasteiger partial charge in [-0.1, -0.05) is 0 Å². The molecule has 0 aliphatic rings. The molecule has 5 nitrogen and oxygen atoms in total. The number of aromatic nitrogens is 2. The SMILES string of the molecule is CCn1nc(C)c(N)c1NCCCC(C)O. The van der Waals surface area contributed by atoms with Gasteiger partial charge in [-0.3, -0.25) is 0 Å². The summed E-state index contributed by atoms with van der Waals surface area (Å²) in [5.41, 5.74) is 7.51. The molecular formula is C11H22N4O. The molecule has 0 aliphatic heterocycles. The van der Waals surface area contributed by atoms with E-state index in [0.717, 1.165) is 43.1 Å². The number of aliphatic hydroxyl groups excluding tert-OH is 1. The van der Waals surface area contributed by atoms with Crippen molar-refractivity contribution in [3.63, 3.8) is 0 Å². The molecule has 0 amide bonds. The van der Waals surface area contributed by atoms with E-state index < -0.39 is 0 Å². The molecule has 0 bridgehead atoms. The summed E-state index contributed by atoms with van der Waals surface area (Å²) in [6, 6.07) is 0. The highest BCUT2D eigenvalue weighted by atomic mass is 16.3. The largest absolute Gasteiger partial charge is 0.394 e. The van der Waals surface area contributed by atoms with Crippen LogP contribution in [0.25, 0.3) is 0 Å². The molecule has 0 aliphatic carbocycles. The van der Waals surface area contributed by atoms with Gasteiger partial charge in [0, 0.05) is 13.1 Å². The Kier molecular flexibility index (Phi) is 4.61. The molecular weight excluding hydrogens is 204 g/mol.